The Morgan fingerprint density at radius 1 is 1.08 bits per heavy atom. The van der Waals surface area contributed by atoms with Crippen molar-refractivity contribution in [1.82, 2.24) is 20.4 Å². The van der Waals surface area contributed by atoms with Gasteiger partial charge in [0.15, 0.2) is 21.2 Å². The normalized spacial score (nSPS) is 15.2. The molecule has 190 valence electrons. The second-order valence-corrected chi connectivity index (χ2v) is 10.3. The summed E-state index contributed by atoms with van der Waals surface area (Å²) in [6.45, 7) is 1.02. The van der Waals surface area contributed by atoms with E-state index >= 15 is 0 Å². The first-order valence-electron chi connectivity index (χ1n) is 10.5. The van der Waals surface area contributed by atoms with Crippen molar-refractivity contribution in [2.45, 2.75) is 42.9 Å². The third-order valence-electron chi connectivity index (χ3n) is 5.65. The molecule has 1 amide bonds. The standard InChI is InChI=1S/C22H19F4N5O4S/c1-12-17(19(32)27-13-5-3-6-14(11-13)36(2,33)34)20(31-30-18(12)22(24,25)26)35-16-8-7-15(28-29-16)21(23)9-4-10-21/h3,5-8,11H,4,9-10H2,1-2H3,(H,27,32). The fourth-order valence-corrected chi connectivity index (χ4v) is 4.23. The molecule has 4 rings (SSSR count). The number of sulfone groups is 1. The van der Waals surface area contributed by atoms with E-state index < -0.39 is 50.3 Å². The lowest BCUT2D eigenvalue weighted by Crippen LogP contribution is -2.30. The largest absolute Gasteiger partial charge is 0.435 e. The van der Waals surface area contributed by atoms with Crippen LogP contribution >= 0.6 is 0 Å². The molecule has 36 heavy (non-hydrogen) atoms. The average Bonchev–Trinajstić information content (AvgIpc) is 2.77. The topological polar surface area (TPSA) is 124 Å². The maximum Gasteiger partial charge on any atom is 0.435 e. The third-order valence-corrected chi connectivity index (χ3v) is 6.76. The average molecular weight is 525 g/mol. The number of alkyl halides is 4. The summed E-state index contributed by atoms with van der Waals surface area (Å²) in [5, 5.41) is 16.5. The van der Waals surface area contributed by atoms with Crippen LogP contribution in [-0.2, 0) is 21.7 Å². The molecule has 0 spiro atoms. The van der Waals surface area contributed by atoms with Crippen molar-refractivity contribution in [2.75, 3.05) is 11.6 Å². The number of ether oxygens (including phenoxy) is 1. The van der Waals surface area contributed by atoms with Crippen molar-refractivity contribution >= 4 is 21.4 Å². The van der Waals surface area contributed by atoms with Crippen molar-refractivity contribution in [1.29, 1.82) is 0 Å². The Morgan fingerprint density at radius 2 is 1.81 bits per heavy atom. The Kier molecular flexibility index (Phi) is 6.41. The van der Waals surface area contributed by atoms with Crippen molar-refractivity contribution in [3.8, 4) is 11.8 Å². The van der Waals surface area contributed by atoms with Crippen LogP contribution < -0.4 is 10.1 Å². The number of aromatic nitrogens is 4. The van der Waals surface area contributed by atoms with Crippen LogP contribution in [0.1, 0.15) is 46.6 Å². The van der Waals surface area contributed by atoms with E-state index in [1.807, 2.05) is 0 Å². The lowest BCUT2D eigenvalue weighted by atomic mass is 9.79. The minimum Gasteiger partial charge on any atom is -0.417 e. The van der Waals surface area contributed by atoms with E-state index in [-0.39, 0.29) is 22.2 Å². The Bertz CT molecular complexity index is 1430. The van der Waals surface area contributed by atoms with E-state index in [4.69, 9.17) is 4.74 Å². The number of amides is 1. The molecule has 1 saturated carbocycles. The number of benzene rings is 1. The zero-order valence-electron chi connectivity index (χ0n) is 18.9. The highest BCUT2D eigenvalue weighted by molar-refractivity contribution is 7.90. The molecule has 1 N–H and O–H groups in total. The van der Waals surface area contributed by atoms with E-state index in [2.05, 4.69) is 25.7 Å². The molecule has 3 aromatic rings. The second kappa shape index (κ2) is 9.08. The molecule has 9 nitrogen and oxygen atoms in total. The Labute approximate surface area is 202 Å². The van der Waals surface area contributed by atoms with Gasteiger partial charge in [-0.3, -0.25) is 4.79 Å². The fourth-order valence-electron chi connectivity index (χ4n) is 3.56. The molecular weight excluding hydrogens is 506 g/mol. The van der Waals surface area contributed by atoms with Crippen LogP contribution in [0, 0.1) is 6.92 Å². The van der Waals surface area contributed by atoms with Crippen LogP contribution in [0.3, 0.4) is 0 Å². The van der Waals surface area contributed by atoms with E-state index in [9.17, 15) is 30.8 Å². The number of rotatable bonds is 6. The van der Waals surface area contributed by atoms with Crippen molar-refractivity contribution < 1.29 is 35.5 Å². The smallest absolute Gasteiger partial charge is 0.417 e. The molecule has 0 aliphatic heterocycles. The number of anilines is 1. The molecule has 0 saturated heterocycles. The Morgan fingerprint density at radius 3 is 2.36 bits per heavy atom. The highest BCUT2D eigenvalue weighted by Gasteiger charge is 2.41. The monoisotopic (exact) mass is 525 g/mol. The number of hydrogen-bond donors (Lipinski definition) is 1. The highest BCUT2D eigenvalue weighted by atomic mass is 32.2. The van der Waals surface area contributed by atoms with Gasteiger partial charge in [0.25, 0.3) is 11.8 Å². The van der Waals surface area contributed by atoms with E-state index in [0.29, 0.717) is 19.3 Å². The summed E-state index contributed by atoms with van der Waals surface area (Å²) in [6, 6.07) is 7.77. The van der Waals surface area contributed by atoms with Gasteiger partial charge in [0.1, 0.15) is 11.3 Å². The third kappa shape index (κ3) is 5.12. The molecule has 0 bridgehead atoms. The second-order valence-electron chi connectivity index (χ2n) is 8.28. The van der Waals surface area contributed by atoms with Gasteiger partial charge < -0.3 is 10.1 Å². The number of nitrogens with zero attached hydrogens (tertiary/aromatic N) is 4. The van der Waals surface area contributed by atoms with Gasteiger partial charge in [0.2, 0.25) is 5.88 Å². The first-order valence-corrected chi connectivity index (χ1v) is 12.4. The summed E-state index contributed by atoms with van der Waals surface area (Å²) in [6.07, 6.45) is -2.63. The number of halogens is 4. The van der Waals surface area contributed by atoms with Gasteiger partial charge in [-0.05, 0) is 56.0 Å². The molecule has 1 fully saturated rings. The Hall–Kier alpha value is -3.68. The minimum atomic E-state index is -4.92. The van der Waals surface area contributed by atoms with Crippen LogP contribution in [0.2, 0.25) is 0 Å². The summed E-state index contributed by atoms with van der Waals surface area (Å²) in [5.74, 6) is -1.91. The van der Waals surface area contributed by atoms with Crippen molar-refractivity contribution in [3.05, 3.63) is 58.9 Å². The van der Waals surface area contributed by atoms with Crippen LogP contribution in [-0.4, -0.2) is 41.0 Å². The quantitative estimate of drug-likeness (QED) is 0.470. The van der Waals surface area contributed by atoms with Crippen molar-refractivity contribution in [3.63, 3.8) is 0 Å². The molecule has 1 aliphatic rings. The molecule has 0 unspecified atom stereocenters. The number of carbonyl (C=O) groups is 1. The summed E-state index contributed by atoms with van der Waals surface area (Å²) < 4.78 is 83.9. The minimum absolute atomic E-state index is 0.0107. The number of nitrogens with one attached hydrogen (secondary N) is 1. The molecule has 0 atom stereocenters. The van der Waals surface area contributed by atoms with Crippen LogP contribution in [0.5, 0.6) is 11.8 Å². The van der Waals surface area contributed by atoms with Gasteiger partial charge in [-0.25, -0.2) is 12.8 Å². The lowest BCUT2D eigenvalue weighted by molar-refractivity contribution is -0.142. The van der Waals surface area contributed by atoms with Crippen LogP contribution in [0.15, 0.2) is 41.3 Å². The maximum atomic E-state index is 14.5. The fraction of sp³-hybridized carbons (Fsp3) is 0.318. The summed E-state index contributed by atoms with van der Waals surface area (Å²) >= 11 is 0. The SMILES string of the molecule is Cc1c(C(F)(F)F)nnc(Oc2ccc(C3(F)CCC3)nn2)c1C(=O)Nc1cccc(S(C)(=O)=O)c1. The summed E-state index contributed by atoms with van der Waals surface area (Å²) in [4.78, 5) is 13.0. The Balaban J connectivity index is 1.69. The lowest BCUT2D eigenvalue weighted by Gasteiger charge is -2.32. The van der Waals surface area contributed by atoms with Crippen molar-refractivity contribution in [2.24, 2.45) is 0 Å². The van der Waals surface area contributed by atoms with E-state index in [1.165, 1.54) is 30.3 Å². The molecule has 1 aromatic carbocycles. The van der Waals surface area contributed by atoms with Gasteiger partial charge in [-0.2, -0.15) is 13.2 Å². The molecule has 14 heteroatoms. The highest BCUT2D eigenvalue weighted by Crippen LogP contribution is 2.44. The van der Waals surface area contributed by atoms with Gasteiger partial charge in [0.05, 0.1) is 4.90 Å². The maximum absolute atomic E-state index is 14.5. The van der Waals surface area contributed by atoms with Gasteiger partial charge in [-0.15, -0.1) is 20.4 Å². The van der Waals surface area contributed by atoms with Crippen LogP contribution in [0.4, 0.5) is 23.2 Å². The predicted molar refractivity (Wildman–Crippen MR) is 118 cm³/mol. The predicted octanol–water partition coefficient (Wildman–Crippen LogP) is 4.39. The zero-order chi connectivity index (χ0) is 26.3. The number of carbonyl (C=O) groups excluding carboxylic acids is 1. The summed E-state index contributed by atoms with van der Waals surface area (Å²) in [7, 11) is -3.61. The summed E-state index contributed by atoms with van der Waals surface area (Å²) in [5.41, 5.74) is -4.06. The molecule has 1 aliphatic carbocycles. The van der Waals surface area contributed by atoms with Gasteiger partial charge in [-0.1, -0.05) is 6.07 Å². The van der Waals surface area contributed by atoms with E-state index in [1.54, 1.807) is 0 Å². The molecule has 2 heterocycles. The van der Waals surface area contributed by atoms with E-state index in [0.717, 1.165) is 19.2 Å². The molecular formula is C22H19F4N5O4S. The van der Waals surface area contributed by atoms with Crippen LogP contribution in [0.25, 0.3) is 0 Å². The molecule has 0 radical (unpaired) electrons. The number of hydrogen-bond acceptors (Lipinski definition) is 8. The van der Waals surface area contributed by atoms with Gasteiger partial charge >= 0.3 is 6.18 Å². The first kappa shape index (κ1) is 25.4. The first-order chi connectivity index (χ1) is 16.8. The zero-order valence-corrected chi connectivity index (χ0v) is 19.7. The van der Waals surface area contributed by atoms with Gasteiger partial charge in [0, 0.05) is 18.0 Å². The molecule has 2 aromatic heterocycles.